The van der Waals surface area contributed by atoms with E-state index >= 15 is 0 Å². The molecule has 8 heteroatoms. The number of nitrogens with zero attached hydrogens (tertiary/aromatic N) is 2. The molecule has 2 aromatic carbocycles. The molecule has 1 aliphatic carbocycles. The van der Waals surface area contributed by atoms with Crippen LogP contribution in [0.1, 0.15) is 56.2 Å². The number of hydrogen-bond acceptors (Lipinski definition) is 4. The fraction of sp³-hybridized carbons (Fsp3) is 0.500. The summed E-state index contributed by atoms with van der Waals surface area (Å²) in [6, 6.07) is 10.6. The minimum Gasteiger partial charge on any atom is -0.493 e. The molecule has 5 nitrogen and oxygen atoms in total. The Morgan fingerprint density at radius 1 is 0.947 bits per heavy atom. The molecule has 0 aromatic heterocycles. The maximum absolute atomic E-state index is 13.5. The van der Waals surface area contributed by atoms with Gasteiger partial charge in [-0.3, -0.25) is 9.69 Å². The number of hydrogen-bond donors (Lipinski definition) is 0. The van der Waals surface area contributed by atoms with E-state index in [4.69, 9.17) is 9.47 Å². The fourth-order valence-electron chi connectivity index (χ4n) is 4.81. The van der Waals surface area contributed by atoms with E-state index in [1.54, 1.807) is 12.2 Å². The maximum Gasteiger partial charge on any atom is 0.471 e. The van der Waals surface area contributed by atoms with Crippen LogP contribution in [0.5, 0.6) is 11.5 Å². The standard InChI is InChI=1S/C30H39F3N2O3/c1-4-16-34(17-5-2)19-20-38-28-22-26(14-15-27(28)37-3)35(29(36)30(31,32)33)18-8-9-23-12-13-24-10-6-7-11-25(24)21-23/h8-9,12-15,21-22H,4-7,10-11,16-20H2,1-3H3/b9-8+. The molecule has 0 aliphatic heterocycles. The van der Waals surface area contributed by atoms with Gasteiger partial charge in [-0.15, -0.1) is 0 Å². The number of fused-ring (bicyclic) bond motifs is 1. The van der Waals surface area contributed by atoms with Crippen molar-refractivity contribution in [3.05, 3.63) is 59.2 Å². The van der Waals surface area contributed by atoms with Crippen LogP contribution < -0.4 is 14.4 Å². The Balaban J connectivity index is 1.79. The minimum absolute atomic E-state index is 0.0946. The molecule has 0 unspecified atom stereocenters. The first kappa shape index (κ1) is 29.6. The van der Waals surface area contributed by atoms with Crippen molar-refractivity contribution in [3.8, 4) is 11.5 Å². The Morgan fingerprint density at radius 2 is 1.66 bits per heavy atom. The number of aryl methyl sites for hydroxylation is 2. The van der Waals surface area contributed by atoms with Crippen LogP contribution in [-0.2, 0) is 17.6 Å². The van der Waals surface area contributed by atoms with Gasteiger partial charge in [0.2, 0.25) is 0 Å². The SMILES string of the molecule is CCCN(CCC)CCOc1cc(N(C/C=C/c2ccc3c(c2)CCCC3)C(=O)C(F)(F)F)ccc1OC. The van der Waals surface area contributed by atoms with Gasteiger partial charge in [0.05, 0.1) is 7.11 Å². The average Bonchev–Trinajstić information content (AvgIpc) is 2.90. The minimum atomic E-state index is -5.01. The molecule has 0 bridgehead atoms. The van der Waals surface area contributed by atoms with Crippen LogP contribution in [0, 0.1) is 0 Å². The highest BCUT2D eigenvalue weighted by atomic mass is 19.4. The van der Waals surface area contributed by atoms with Crippen molar-refractivity contribution in [2.45, 2.75) is 58.5 Å². The van der Waals surface area contributed by atoms with Crippen LogP contribution in [0.4, 0.5) is 18.9 Å². The van der Waals surface area contributed by atoms with Gasteiger partial charge in [-0.2, -0.15) is 13.2 Å². The summed E-state index contributed by atoms with van der Waals surface area (Å²) in [6.45, 7) is 6.92. The molecule has 2 aromatic rings. The molecule has 1 aliphatic rings. The first-order valence-electron chi connectivity index (χ1n) is 13.5. The molecule has 1 amide bonds. The van der Waals surface area contributed by atoms with E-state index in [-0.39, 0.29) is 12.2 Å². The number of rotatable bonds is 13. The maximum atomic E-state index is 13.5. The predicted octanol–water partition coefficient (Wildman–Crippen LogP) is 6.68. The van der Waals surface area contributed by atoms with Gasteiger partial charge < -0.3 is 14.4 Å². The summed E-state index contributed by atoms with van der Waals surface area (Å²) in [4.78, 5) is 15.4. The second kappa shape index (κ2) is 14.2. The van der Waals surface area contributed by atoms with Crippen molar-refractivity contribution in [2.75, 3.05) is 44.8 Å². The highest BCUT2D eigenvalue weighted by molar-refractivity contribution is 5.98. The highest BCUT2D eigenvalue weighted by Crippen LogP contribution is 2.34. The molecule has 0 saturated heterocycles. The predicted molar refractivity (Wildman–Crippen MR) is 146 cm³/mol. The van der Waals surface area contributed by atoms with Gasteiger partial charge in [-0.25, -0.2) is 0 Å². The van der Waals surface area contributed by atoms with E-state index in [1.807, 2.05) is 6.07 Å². The monoisotopic (exact) mass is 532 g/mol. The summed E-state index contributed by atoms with van der Waals surface area (Å²) < 4.78 is 51.9. The Morgan fingerprint density at radius 3 is 2.32 bits per heavy atom. The van der Waals surface area contributed by atoms with E-state index in [2.05, 4.69) is 30.9 Å². The summed E-state index contributed by atoms with van der Waals surface area (Å²) >= 11 is 0. The second-order valence-electron chi connectivity index (χ2n) is 9.58. The van der Waals surface area contributed by atoms with Crippen LogP contribution in [0.3, 0.4) is 0 Å². The van der Waals surface area contributed by atoms with Crippen molar-refractivity contribution in [2.24, 2.45) is 0 Å². The van der Waals surface area contributed by atoms with Gasteiger partial charge in [-0.05, 0) is 80.4 Å². The third-order valence-electron chi connectivity index (χ3n) is 6.66. The summed E-state index contributed by atoms with van der Waals surface area (Å²) in [5.41, 5.74) is 3.63. The molecular formula is C30H39F3N2O3. The Kier molecular flexibility index (Phi) is 11.1. The third-order valence-corrected chi connectivity index (χ3v) is 6.66. The van der Waals surface area contributed by atoms with Gasteiger partial charge >= 0.3 is 12.1 Å². The third kappa shape index (κ3) is 8.25. The van der Waals surface area contributed by atoms with Crippen LogP contribution in [-0.4, -0.2) is 56.9 Å². The topological polar surface area (TPSA) is 42.0 Å². The van der Waals surface area contributed by atoms with E-state index in [1.165, 1.54) is 42.9 Å². The lowest BCUT2D eigenvalue weighted by Gasteiger charge is -2.24. The Bertz CT molecular complexity index is 1080. The number of anilines is 1. The van der Waals surface area contributed by atoms with Crippen LogP contribution in [0.15, 0.2) is 42.5 Å². The van der Waals surface area contributed by atoms with Crippen LogP contribution in [0.25, 0.3) is 6.08 Å². The second-order valence-corrected chi connectivity index (χ2v) is 9.58. The van der Waals surface area contributed by atoms with Crippen molar-refractivity contribution in [1.82, 2.24) is 4.90 Å². The number of halogens is 3. The molecule has 0 fully saturated rings. The van der Waals surface area contributed by atoms with E-state index in [0.29, 0.717) is 24.7 Å². The number of benzene rings is 2. The summed E-state index contributed by atoms with van der Waals surface area (Å²) in [5.74, 6) is -1.23. The molecule has 208 valence electrons. The van der Waals surface area contributed by atoms with Gasteiger partial charge in [0.15, 0.2) is 11.5 Å². The number of methoxy groups -OCH3 is 1. The van der Waals surface area contributed by atoms with E-state index in [9.17, 15) is 18.0 Å². The molecule has 38 heavy (non-hydrogen) atoms. The zero-order chi connectivity index (χ0) is 27.5. The quantitative estimate of drug-likeness (QED) is 0.289. The summed E-state index contributed by atoms with van der Waals surface area (Å²) in [7, 11) is 1.47. The Hall–Kier alpha value is -3.00. The van der Waals surface area contributed by atoms with Crippen molar-refractivity contribution < 1.29 is 27.4 Å². The first-order chi connectivity index (χ1) is 18.3. The molecule has 0 spiro atoms. The zero-order valence-electron chi connectivity index (χ0n) is 22.7. The average molecular weight is 533 g/mol. The normalized spacial score (nSPS) is 13.6. The number of alkyl halides is 3. The lowest BCUT2D eigenvalue weighted by atomic mass is 9.90. The van der Waals surface area contributed by atoms with Crippen molar-refractivity contribution in [1.29, 1.82) is 0 Å². The highest BCUT2D eigenvalue weighted by Gasteiger charge is 2.43. The number of ether oxygens (including phenoxy) is 2. The van der Waals surface area contributed by atoms with Crippen molar-refractivity contribution >= 4 is 17.7 Å². The molecular weight excluding hydrogens is 493 g/mol. The number of carbonyl (C=O) groups is 1. The molecule has 0 saturated carbocycles. The van der Waals surface area contributed by atoms with E-state index in [0.717, 1.165) is 55.7 Å². The van der Waals surface area contributed by atoms with Crippen molar-refractivity contribution in [3.63, 3.8) is 0 Å². The molecule has 0 atom stereocenters. The number of amides is 1. The van der Waals surface area contributed by atoms with Gasteiger partial charge in [0.25, 0.3) is 0 Å². The smallest absolute Gasteiger partial charge is 0.471 e. The van der Waals surface area contributed by atoms with E-state index < -0.39 is 12.1 Å². The largest absolute Gasteiger partial charge is 0.493 e. The van der Waals surface area contributed by atoms with Crippen LogP contribution >= 0.6 is 0 Å². The number of carbonyl (C=O) groups excluding carboxylic acids is 1. The lowest BCUT2D eigenvalue weighted by molar-refractivity contribution is -0.170. The molecule has 3 rings (SSSR count). The van der Waals surface area contributed by atoms with Gasteiger partial charge in [-0.1, -0.05) is 44.2 Å². The lowest BCUT2D eigenvalue weighted by Crippen LogP contribution is -2.41. The summed E-state index contributed by atoms with van der Waals surface area (Å²) in [6.07, 6.45) is 4.78. The zero-order valence-corrected chi connectivity index (χ0v) is 22.7. The van der Waals surface area contributed by atoms with Crippen LogP contribution in [0.2, 0.25) is 0 Å². The molecule has 0 heterocycles. The molecule has 0 N–H and O–H groups in total. The first-order valence-corrected chi connectivity index (χ1v) is 13.5. The van der Waals surface area contributed by atoms with Gasteiger partial charge in [0, 0.05) is 24.8 Å². The fourth-order valence-corrected chi connectivity index (χ4v) is 4.81. The van der Waals surface area contributed by atoms with Gasteiger partial charge in [0.1, 0.15) is 6.61 Å². The molecule has 0 radical (unpaired) electrons. The summed E-state index contributed by atoms with van der Waals surface area (Å²) in [5, 5.41) is 0. The Labute approximate surface area is 224 Å².